The van der Waals surface area contributed by atoms with E-state index in [4.69, 9.17) is 14.5 Å². The van der Waals surface area contributed by atoms with E-state index in [1.54, 1.807) is 0 Å². The second kappa shape index (κ2) is 11.9. The number of fused-ring (bicyclic) bond motifs is 9. The second-order valence-electron chi connectivity index (χ2n) is 14.3. The van der Waals surface area contributed by atoms with Crippen LogP contribution >= 0.6 is 0 Å². The van der Waals surface area contributed by atoms with Gasteiger partial charge in [0, 0.05) is 49.5 Å². The molecule has 0 saturated heterocycles. The van der Waals surface area contributed by atoms with Gasteiger partial charge in [0.15, 0.2) is 11.6 Å². The monoisotopic (exact) mass is 717 g/mol. The van der Waals surface area contributed by atoms with Crippen LogP contribution < -0.4 is 0 Å². The molecule has 12 aromatic rings. The first-order valence-corrected chi connectivity index (χ1v) is 18.8. The molecule has 12 rings (SSSR count). The van der Waals surface area contributed by atoms with Gasteiger partial charge in [-0.05, 0) is 48.5 Å². The molecule has 4 aromatic heterocycles. The van der Waals surface area contributed by atoms with Gasteiger partial charge in [0.05, 0.1) is 39.1 Å². The topological polar surface area (TPSA) is 53.7 Å². The first kappa shape index (κ1) is 30.7. The number of para-hydroxylation sites is 5. The number of hydrogen-bond acceptors (Lipinski definition) is 3. The molecule has 6 heteroatoms. The zero-order valence-corrected chi connectivity index (χ0v) is 30.0. The Morgan fingerprint density at radius 3 is 1.64 bits per heavy atom. The molecule has 0 fully saturated rings. The van der Waals surface area contributed by atoms with Gasteiger partial charge in [-0.2, -0.15) is 0 Å². The summed E-state index contributed by atoms with van der Waals surface area (Å²) in [6.45, 7) is 0. The van der Waals surface area contributed by atoms with Crippen molar-refractivity contribution in [1.29, 1.82) is 0 Å². The van der Waals surface area contributed by atoms with Gasteiger partial charge in [0.1, 0.15) is 11.2 Å². The number of rotatable bonds is 5. The molecule has 262 valence electrons. The standard InChI is InChI=1S/C50H31N5O/c1-3-15-32(16-4-1)49-51-50(33-17-5-2-6-18-33)55(52-49)34-27-28-37-35-19-7-10-22-41(35)53(45(37)29-34)43-24-12-13-25-44(43)54-42-23-11-8-20-36(42)39-30-40-38-21-9-14-26-47(38)56-48(40)31-46(39)54/h1-31H. The van der Waals surface area contributed by atoms with Crippen LogP contribution in [0.5, 0.6) is 0 Å². The maximum atomic E-state index is 6.46. The molecule has 0 N–H and O–H groups in total. The SMILES string of the molecule is c1ccc(-c2nc(-c3ccccc3)n(-c3ccc4c5ccccc5n(-c5ccccc5-n5c6ccccc6c6cc7c(cc65)oc5ccccc57)c4c3)n2)cc1. The average molecular weight is 718 g/mol. The van der Waals surface area contributed by atoms with Gasteiger partial charge in [-0.3, -0.25) is 0 Å². The minimum absolute atomic E-state index is 0.681. The predicted octanol–water partition coefficient (Wildman–Crippen LogP) is 12.7. The maximum Gasteiger partial charge on any atom is 0.182 e. The third-order valence-corrected chi connectivity index (χ3v) is 11.1. The lowest BCUT2D eigenvalue weighted by Crippen LogP contribution is -2.04. The van der Waals surface area contributed by atoms with Crippen LogP contribution in [-0.2, 0) is 0 Å². The number of benzene rings is 8. The molecule has 0 radical (unpaired) electrons. The zero-order valence-electron chi connectivity index (χ0n) is 30.0. The van der Waals surface area contributed by atoms with Gasteiger partial charge < -0.3 is 13.6 Å². The molecule has 0 aliphatic carbocycles. The van der Waals surface area contributed by atoms with E-state index in [1.807, 2.05) is 53.2 Å². The first-order chi connectivity index (χ1) is 27.8. The van der Waals surface area contributed by atoms with E-state index < -0.39 is 0 Å². The Morgan fingerprint density at radius 2 is 0.929 bits per heavy atom. The Kier molecular flexibility index (Phi) is 6.53. The summed E-state index contributed by atoms with van der Waals surface area (Å²) < 4.78 is 13.2. The van der Waals surface area contributed by atoms with Crippen LogP contribution in [0, 0.1) is 0 Å². The Bertz CT molecular complexity index is 3480. The summed E-state index contributed by atoms with van der Waals surface area (Å²) in [5, 5.41) is 12.1. The third kappa shape index (κ3) is 4.50. The van der Waals surface area contributed by atoms with E-state index in [-0.39, 0.29) is 0 Å². The van der Waals surface area contributed by atoms with Gasteiger partial charge >= 0.3 is 0 Å². The van der Waals surface area contributed by atoms with Crippen LogP contribution in [0.2, 0.25) is 0 Å². The van der Waals surface area contributed by atoms with E-state index in [2.05, 4.69) is 149 Å². The minimum Gasteiger partial charge on any atom is -0.456 e. The molecular formula is C50H31N5O. The van der Waals surface area contributed by atoms with Crippen molar-refractivity contribution in [2.24, 2.45) is 0 Å². The maximum absolute atomic E-state index is 6.46. The number of aromatic nitrogens is 5. The number of nitrogens with zero attached hydrogens (tertiary/aromatic N) is 5. The molecule has 0 spiro atoms. The van der Waals surface area contributed by atoms with Crippen LogP contribution in [0.15, 0.2) is 192 Å². The third-order valence-electron chi connectivity index (χ3n) is 11.1. The number of hydrogen-bond donors (Lipinski definition) is 0. The predicted molar refractivity (Wildman–Crippen MR) is 228 cm³/mol. The molecular weight excluding hydrogens is 687 g/mol. The van der Waals surface area contributed by atoms with Crippen molar-refractivity contribution in [3.63, 3.8) is 0 Å². The smallest absolute Gasteiger partial charge is 0.182 e. The summed E-state index contributed by atoms with van der Waals surface area (Å²) in [5.74, 6) is 1.47. The average Bonchev–Trinajstić information content (AvgIpc) is 4.03. The summed E-state index contributed by atoms with van der Waals surface area (Å²) in [6.07, 6.45) is 0. The van der Waals surface area contributed by atoms with E-state index in [1.165, 1.54) is 16.2 Å². The zero-order chi connectivity index (χ0) is 36.7. The highest BCUT2D eigenvalue weighted by atomic mass is 16.3. The lowest BCUT2D eigenvalue weighted by molar-refractivity contribution is 0.669. The Labute approximate surface area is 320 Å². The van der Waals surface area contributed by atoms with Crippen LogP contribution in [0.4, 0.5) is 0 Å². The normalized spacial score (nSPS) is 11.9. The lowest BCUT2D eigenvalue weighted by Gasteiger charge is -2.17. The molecule has 56 heavy (non-hydrogen) atoms. The van der Waals surface area contributed by atoms with Crippen molar-refractivity contribution < 1.29 is 4.42 Å². The van der Waals surface area contributed by atoms with Gasteiger partial charge in [-0.25, -0.2) is 9.67 Å². The summed E-state index contributed by atoms with van der Waals surface area (Å²) in [4.78, 5) is 5.11. The van der Waals surface area contributed by atoms with Crippen molar-refractivity contribution >= 4 is 65.6 Å². The molecule has 4 heterocycles. The van der Waals surface area contributed by atoms with Crippen molar-refractivity contribution in [3.8, 4) is 39.8 Å². The van der Waals surface area contributed by atoms with Crippen LogP contribution in [-0.4, -0.2) is 23.9 Å². The summed E-state index contributed by atoms with van der Waals surface area (Å²) in [7, 11) is 0. The molecule has 6 nitrogen and oxygen atoms in total. The Balaban J connectivity index is 1.13. The fourth-order valence-corrected chi connectivity index (χ4v) is 8.62. The molecule has 8 aromatic carbocycles. The van der Waals surface area contributed by atoms with Crippen molar-refractivity contribution in [2.45, 2.75) is 0 Å². The largest absolute Gasteiger partial charge is 0.456 e. The summed E-state index contributed by atoms with van der Waals surface area (Å²) in [6, 6.07) is 66.0. The van der Waals surface area contributed by atoms with Crippen LogP contribution in [0.25, 0.3) is 105 Å². The van der Waals surface area contributed by atoms with Gasteiger partial charge in [-0.1, -0.05) is 133 Å². The minimum atomic E-state index is 0.681. The molecule has 0 saturated carbocycles. The van der Waals surface area contributed by atoms with Crippen LogP contribution in [0.3, 0.4) is 0 Å². The van der Waals surface area contributed by atoms with Crippen molar-refractivity contribution in [1.82, 2.24) is 23.9 Å². The number of furan rings is 1. The fourth-order valence-electron chi connectivity index (χ4n) is 8.62. The van der Waals surface area contributed by atoms with Gasteiger partial charge in [0.25, 0.3) is 0 Å². The molecule has 0 aliphatic rings. The van der Waals surface area contributed by atoms with Gasteiger partial charge in [0.2, 0.25) is 0 Å². The molecule has 0 bridgehead atoms. The van der Waals surface area contributed by atoms with Crippen molar-refractivity contribution in [3.05, 3.63) is 188 Å². The lowest BCUT2D eigenvalue weighted by atomic mass is 10.1. The van der Waals surface area contributed by atoms with E-state index in [9.17, 15) is 0 Å². The summed E-state index contributed by atoms with van der Waals surface area (Å²) in [5.41, 5.74) is 11.2. The van der Waals surface area contributed by atoms with Crippen LogP contribution in [0.1, 0.15) is 0 Å². The Hall–Kier alpha value is -7.70. The first-order valence-electron chi connectivity index (χ1n) is 18.8. The van der Waals surface area contributed by atoms with Crippen molar-refractivity contribution in [2.75, 3.05) is 0 Å². The highest BCUT2D eigenvalue weighted by Crippen LogP contribution is 2.41. The summed E-state index contributed by atoms with van der Waals surface area (Å²) >= 11 is 0. The molecule has 0 amide bonds. The second-order valence-corrected chi connectivity index (χ2v) is 14.3. The van der Waals surface area contributed by atoms with Gasteiger partial charge in [-0.15, -0.1) is 5.10 Å². The molecule has 0 unspecified atom stereocenters. The van der Waals surface area contributed by atoms with E-state index >= 15 is 0 Å². The quantitative estimate of drug-likeness (QED) is 0.178. The fraction of sp³-hybridized carbons (Fsp3) is 0. The Morgan fingerprint density at radius 1 is 0.375 bits per heavy atom. The van der Waals surface area contributed by atoms with E-state index in [0.29, 0.717) is 5.82 Å². The molecule has 0 aliphatic heterocycles. The highest BCUT2D eigenvalue weighted by molar-refractivity contribution is 6.17. The molecule has 0 atom stereocenters. The highest BCUT2D eigenvalue weighted by Gasteiger charge is 2.22. The van der Waals surface area contributed by atoms with E-state index in [0.717, 1.165) is 83.4 Å².